The van der Waals surface area contributed by atoms with Crippen LogP contribution in [0.15, 0.2) is 24.3 Å². The molecule has 18 heavy (non-hydrogen) atoms. The number of aromatic nitrogens is 3. The van der Waals surface area contributed by atoms with Crippen LogP contribution in [0.4, 0.5) is 0 Å². The van der Waals surface area contributed by atoms with Crippen molar-refractivity contribution in [2.45, 2.75) is 6.54 Å². The standard InChI is InChI=1S/C12H17N5O/c1-16(2)8-7-13-12(18)9-17-11-6-4-3-5-10(11)14-15-17/h3-6H,7-9H2,1-2H3,(H,13,18). The van der Waals surface area contributed by atoms with E-state index in [4.69, 9.17) is 0 Å². The Hall–Kier alpha value is -1.95. The minimum atomic E-state index is -0.0486. The molecule has 6 heteroatoms. The van der Waals surface area contributed by atoms with Crippen molar-refractivity contribution in [3.63, 3.8) is 0 Å². The highest BCUT2D eigenvalue weighted by atomic mass is 16.2. The monoisotopic (exact) mass is 247 g/mol. The number of carbonyl (C=O) groups is 1. The fourth-order valence-corrected chi connectivity index (χ4v) is 1.64. The largest absolute Gasteiger partial charge is 0.353 e. The van der Waals surface area contributed by atoms with Gasteiger partial charge in [-0.05, 0) is 26.2 Å². The Morgan fingerprint density at radius 2 is 2.17 bits per heavy atom. The number of hydrogen-bond donors (Lipinski definition) is 1. The Labute approximate surface area is 106 Å². The lowest BCUT2D eigenvalue weighted by Crippen LogP contribution is -2.33. The van der Waals surface area contributed by atoms with Gasteiger partial charge in [-0.3, -0.25) is 4.79 Å². The van der Waals surface area contributed by atoms with E-state index in [0.717, 1.165) is 17.6 Å². The number of carbonyl (C=O) groups excluding carboxylic acids is 1. The van der Waals surface area contributed by atoms with Gasteiger partial charge in [-0.15, -0.1) is 5.10 Å². The van der Waals surface area contributed by atoms with Crippen LogP contribution in [0.3, 0.4) is 0 Å². The summed E-state index contributed by atoms with van der Waals surface area (Å²) in [6.07, 6.45) is 0. The molecule has 0 saturated carbocycles. The number of rotatable bonds is 5. The van der Waals surface area contributed by atoms with Crippen molar-refractivity contribution < 1.29 is 4.79 Å². The van der Waals surface area contributed by atoms with Crippen molar-refractivity contribution in [1.29, 1.82) is 0 Å². The first-order valence-electron chi connectivity index (χ1n) is 5.86. The number of amides is 1. The first kappa shape index (κ1) is 12.5. The van der Waals surface area contributed by atoms with Crippen molar-refractivity contribution in [3.8, 4) is 0 Å². The molecule has 0 bridgehead atoms. The van der Waals surface area contributed by atoms with Crippen molar-refractivity contribution in [3.05, 3.63) is 24.3 Å². The van der Waals surface area contributed by atoms with Gasteiger partial charge in [0, 0.05) is 13.1 Å². The fraction of sp³-hybridized carbons (Fsp3) is 0.417. The lowest BCUT2D eigenvalue weighted by Gasteiger charge is -2.10. The third-order valence-corrected chi connectivity index (χ3v) is 2.59. The molecule has 0 spiro atoms. The predicted molar refractivity (Wildman–Crippen MR) is 69.1 cm³/mol. The van der Waals surface area contributed by atoms with Crippen LogP contribution >= 0.6 is 0 Å². The summed E-state index contributed by atoms with van der Waals surface area (Å²) in [5.41, 5.74) is 1.68. The summed E-state index contributed by atoms with van der Waals surface area (Å²) in [5, 5.41) is 10.8. The molecule has 0 radical (unpaired) electrons. The maximum absolute atomic E-state index is 11.7. The second-order valence-electron chi connectivity index (χ2n) is 4.39. The molecule has 0 fully saturated rings. The van der Waals surface area contributed by atoms with E-state index < -0.39 is 0 Å². The minimum Gasteiger partial charge on any atom is -0.353 e. The lowest BCUT2D eigenvalue weighted by molar-refractivity contribution is -0.121. The minimum absolute atomic E-state index is 0.0486. The highest BCUT2D eigenvalue weighted by Crippen LogP contribution is 2.08. The van der Waals surface area contributed by atoms with E-state index in [9.17, 15) is 4.79 Å². The number of para-hydroxylation sites is 1. The Bertz CT molecular complexity index is 534. The van der Waals surface area contributed by atoms with Crippen LogP contribution in [0.25, 0.3) is 11.0 Å². The van der Waals surface area contributed by atoms with E-state index in [-0.39, 0.29) is 12.5 Å². The normalized spacial score (nSPS) is 11.1. The van der Waals surface area contributed by atoms with Crippen LogP contribution in [-0.4, -0.2) is 53.0 Å². The number of nitrogens with zero attached hydrogens (tertiary/aromatic N) is 4. The first-order valence-corrected chi connectivity index (χ1v) is 5.86. The van der Waals surface area contributed by atoms with Gasteiger partial charge in [0.1, 0.15) is 12.1 Å². The van der Waals surface area contributed by atoms with Crippen LogP contribution in [0, 0.1) is 0 Å². The Morgan fingerprint density at radius 3 is 2.94 bits per heavy atom. The van der Waals surface area contributed by atoms with Crippen LogP contribution in [0.5, 0.6) is 0 Å². The van der Waals surface area contributed by atoms with E-state index in [1.165, 1.54) is 0 Å². The zero-order valence-electron chi connectivity index (χ0n) is 10.6. The summed E-state index contributed by atoms with van der Waals surface area (Å²) in [7, 11) is 3.94. The van der Waals surface area contributed by atoms with Crippen molar-refractivity contribution in [2.24, 2.45) is 0 Å². The van der Waals surface area contributed by atoms with Gasteiger partial charge in [0.15, 0.2) is 0 Å². The molecule has 6 nitrogen and oxygen atoms in total. The first-order chi connectivity index (χ1) is 8.66. The predicted octanol–water partition coefficient (Wildman–Crippen LogP) is 0.109. The second kappa shape index (κ2) is 5.59. The number of nitrogens with one attached hydrogen (secondary N) is 1. The topological polar surface area (TPSA) is 63.1 Å². The Balaban J connectivity index is 1.95. The molecule has 96 valence electrons. The molecule has 0 atom stereocenters. The molecule has 0 unspecified atom stereocenters. The highest BCUT2D eigenvalue weighted by Gasteiger charge is 2.07. The third-order valence-electron chi connectivity index (χ3n) is 2.59. The number of likely N-dealkylation sites (N-methyl/N-ethyl adjacent to an activating group) is 1. The van der Waals surface area contributed by atoms with E-state index in [2.05, 4.69) is 15.6 Å². The SMILES string of the molecule is CN(C)CCNC(=O)Cn1nnc2ccccc21. The van der Waals surface area contributed by atoms with Crippen LogP contribution in [0.2, 0.25) is 0 Å². The third kappa shape index (κ3) is 3.04. The average Bonchev–Trinajstić information content (AvgIpc) is 2.72. The van der Waals surface area contributed by atoms with E-state index in [1.807, 2.05) is 43.3 Å². The smallest absolute Gasteiger partial charge is 0.241 e. The Morgan fingerprint density at radius 1 is 1.39 bits per heavy atom. The molecule has 0 saturated heterocycles. The molecule has 0 aliphatic carbocycles. The Kier molecular flexibility index (Phi) is 3.88. The van der Waals surface area contributed by atoms with Gasteiger partial charge in [0.2, 0.25) is 5.91 Å². The molecule has 1 amide bonds. The molecule has 2 rings (SSSR count). The van der Waals surface area contributed by atoms with Gasteiger partial charge in [0.05, 0.1) is 5.52 Å². The molecule has 0 aliphatic heterocycles. The number of benzene rings is 1. The zero-order chi connectivity index (χ0) is 13.0. The molecular formula is C12H17N5O. The molecule has 1 aromatic heterocycles. The van der Waals surface area contributed by atoms with Crippen LogP contribution < -0.4 is 5.32 Å². The molecule has 0 aliphatic rings. The van der Waals surface area contributed by atoms with E-state index in [1.54, 1.807) is 4.68 Å². The zero-order valence-corrected chi connectivity index (χ0v) is 10.6. The molecule has 2 aromatic rings. The maximum Gasteiger partial charge on any atom is 0.241 e. The fourth-order valence-electron chi connectivity index (χ4n) is 1.64. The molecule has 1 heterocycles. The summed E-state index contributed by atoms with van der Waals surface area (Å²) in [4.78, 5) is 13.7. The lowest BCUT2D eigenvalue weighted by atomic mass is 10.3. The number of hydrogen-bond acceptors (Lipinski definition) is 4. The van der Waals surface area contributed by atoms with Gasteiger partial charge in [0.25, 0.3) is 0 Å². The van der Waals surface area contributed by atoms with Gasteiger partial charge in [-0.25, -0.2) is 4.68 Å². The van der Waals surface area contributed by atoms with Gasteiger partial charge < -0.3 is 10.2 Å². The molecular weight excluding hydrogens is 230 g/mol. The molecule has 1 N–H and O–H groups in total. The molecule has 1 aromatic carbocycles. The van der Waals surface area contributed by atoms with E-state index in [0.29, 0.717) is 6.54 Å². The summed E-state index contributed by atoms with van der Waals surface area (Å²) in [6.45, 7) is 1.66. The summed E-state index contributed by atoms with van der Waals surface area (Å²) in [6, 6.07) is 7.59. The van der Waals surface area contributed by atoms with Gasteiger partial charge >= 0.3 is 0 Å². The van der Waals surface area contributed by atoms with Crippen LogP contribution in [-0.2, 0) is 11.3 Å². The van der Waals surface area contributed by atoms with Gasteiger partial charge in [-0.1, -0.05) is 17.3 Å². The maximum atomic E-state index is 11.7. The van der Waals surface area contributed by atoms with Gasteiger partial charge in [-0.2, -0.15) is 0 Å². The second-order valence-corrected chi connectivity index (χ2v) is 4.39. The number of fused-ring (bicyclic) bond motifs is 1. The van der Waals surface area contributed by atoms with Crippen LogP contribution in [0.1, 0.15) is 0 Å². The van der Waals surface area contributed by atoms with Crippen molar-refractivity contribution in [2.75, 3.05) is 27.2 Å². The quantitative estimate of drug-likeness (QED) is 0.814. The van der Waals surface area contributed by atoms with E-state index >= 15 is 0 Å². The van der Waals surface area contributed by atoms with Crippen molar-refractivity contribution >= 4 is 16.9 Å². The summed E-state index contributed by atoms with van der Waals surface area (Å²) in [5.74, 6) is -0.0486. The van der Waals surface area contributed by atoms with Crippen molar-refractivity contribution in [1.82, 2.24) is 25.2 Å². The summed E-state index contributed by atoms with van der Waals surface area (Å²) >= 11 is 0. The summed E-state index contributed by atoms with van der Waals surface area (Å²) < 4.78 is 1.61. The highest BCUT2D eigenvalue weighted by molar-refractivity contribution is 5.79. The average molecular weight is 247 g/mol.